The van der Waals surface area contributed by atoms with E-state index in [9.17, 15) is 4.79 Å². The van der Waals surface area contributed by atoms with Crippen molar-refractivity contribution in [3.05, 3.63) is 39.6 Å². The number of carbonyl (C=O) groups excluding carboxylic acids is 1. The summed E-state index contributed by atoms with van der Waals surface area (Å²) in [5, 5.41) is 0. The highest BCUT2D eigenvalue weighted by molar-refractivity contribution is 8.00. The number of hydrogen-bond donors (Lipinski definition) is 0. The highest BCUT2D eigenvalue weighted by Gasteiger charge is 2.15. The number of Topliss-reactive ketones (excluding diaryl/α,β-unsaturated/α-hetero) is 1. The van der Waals surface area contributed by atoms with Gasteiger partial charge in [-0.15, -0.1) is 23.1 Å². The van der Waals surface area contributed by atoms with E-state index in [1.807, 2.05) is 38.1 Å². The Bertz CT molecular complexity index is 676. The largest absolute Gasteiger partial charge is 0.486 e. The molecule has 0 saturated heterocycles. The van der Waals surface area contributed by atoms with Gasteiger partial charge in [0.15, 0.2) is 17.3 Å². The molecule has 2 aromatic rings. The molecular weight excluding hydrogens is 304 g/mol. The maximum Gasteiger partial charge on any atom is 0.174 e. The number of rotatable bonds is 4. The molecule has 1 aromatic heterocycles. The summed E-state index contributed by atoms with van der Waals surface area (Å²) in [6, 6.07) is 7.79. The lowest BCUT2D eigenvalue weighted by Crippen LogP contribution is -2.15. The van der Waals surface area contributed by atoms with E-state index >= 15 is 0 Å². The Morgan fingerprint density at radius 3 is 2.67 bits per heavy atom. The lowest BCUT2D eigenvalue weighted by Gasteiger charge is -2.18. The molecule has 0 radical (unpaired) electrons. The van der Waals surface area contributed by atoms with Gasteiger partial charge in [-0.05, 0) is 38.1 Å². The molecule has 1 aromatic carbocycles. The van der Waals surface area contributed by atoms with Crippen LogP contribution in [-0.4, -0.2) is 24.7 Å². The fourth-order valence-corrected chi connectivity index (χ4v) is 4.00. The van der Waals surface area contributed by atoms with Crippen molar-refractivity contribution in [2.45, 2.75) is 18.7 Å². The second-order valence-electron chi connectivity index (χ2n) is 4.84. The zero-order valence-corrected chi connectivity index (χ0v) is 13.6. The highest BCUT2D eigenvalue weighted by Crippen LogP contribution is 2.34. The normalized spacial score (nSPS) is 13.2. The Morgan fingerprint density at radius 1 is 1.19 bits per heavy atom. The minimum absolute atomic E-state index is 0.178. The predicted octanol–water partition coefficient (Wildman–Crippen LogP) is 4.11. The van der Waals surface area contributed by atoms with Crippen molar-refractivity contribution in [1.82, 2.24) is 0 Å². The van der Waals surface area contributed by atoms with Crippen molar-refractivity contribution < 1.29 is 14.3 Å². The number of aryl methyl sites for hydroxylation is 2. The monoisotopic (exact) mass is 320 g/mol. The van der Waals surface area contributed by atoms with Crippen LogP contribution >= 0.6 is 23.1 Å². The third kappa shape index (κ3) is 3.24. The summed E-state index contributed by atoms with van der Waals surface area (Å²) in [4.78, 5) is 15.6. The molecule has 1 aliphatic rings. The average molecular weight is 320 g/mol. The topological polar surface area (TPSA) is 35.5 Å². The first-order valence-electron chi connectivity index (χ1n) is 6.76. The Labute approximate surface area is 132 Å². The van der Waals surface area contributed by atoms with Crippen molar-refractivity contribution in [2.24, 2.45) is 0 Å². The highest BCUT2D eigenvalue weighted by atomic mass is 32.2. The van der Waals surface area contributed by atoms with Crippen LogP contribution in [0.1, 0.15) is 20.1 Å². The molecular formula is C16H16O3S2. The predicted molar refractivity (Wildman–Crippen MR) is 86.3 cm³/mol. The summed E-state index contributed by atoms with van der Waals surface area (Å²) in [5.74, 6) is 2.16. The zero-order chi connectivity index (χ0) is 14.8. The van der Waals surface area contributed by atoms with Crippen molar-refractivity contribution in [1.29, 1.82) is 0 Å². The van der Waals surface area contributed by atoms with Crippen LogP contribution in [0.2, 0.25) is 0 Å². The van der Waals surface area contributed by atoms with Gasteiger partial charge in [0.05, 0.1) is 5.75 Å². The fraction of sp³-hybridized carbons (Fsp3) is 0.312. The number of carbonyl (C=O) groups is 1. The molecule has 0 N–H and O–H groups in total. The van der Waals surface area contributed by atoms with Gasteiger partial charge in [-0.3, -0.25) is 4.79 Å². The van der Waals surface area contributed by atoms with Gasteiger partial charge in [-0.1, -0.05) is 0 Å². The summed E-state index contributed by atoms with van der Waals surface area (Å²) in [6.45, 7) is 5.20. The van der Waals surface area contributed by atoms with E-state index in [1.54, 1.807) is 11.3 Å². The van der Waals surface area contributed by atoms with Gasteiger partial charge in [0.1, 0.15) is 13.2 Å². The van der Waals surface area contributed by atoms with Gasteiger partial charge < -0.3 is 9.47 Å². The third-order valence-electron chi connectivity index (χ3n) is 3.22. The van der Waals surface area contributed by atoms with Gasteiger partial charge in [-0.25, -0.2) is 0 Å². The molecule has 110 valence electrons. The van der Waals surface area contributed by atoms with Crippen LogP contribution in [-0.2, 0) is 0 Å². The second-order valence-corrected chi connectivity index (χ2v) is 7.35. The fourth-order valence-electron chi connectivity index (χ4n) is 2.25. The van der Waals surface area contributed by atoms with Crippen LogP contribution in [0.25, 0.3) is 0 Å². The first kappa shape index (κ1) is 14.5. The summed E-state index contributed by atoms with van der Waals surface area (Å²) < 4.78 is 11.0. The van der Waals surface area contributed by atoms with Crippen LogP contribution in [0.15, 0.2) is 29.2 Å². The molecule has 21 heavy (non-hydrogen) atoms. The van der Waals surface area contributed by atoms with Gasteiger partial charge in [-0.2, -0.15) is 0 Å². The van der Waals surface area contributed by atoms with Crippen molar-refractivity contribution in [3.63, 3.8) is 0 Å². The minimum atomic E-state index is 0.178. The summed E-state index contributed by atoms with van der Waals surface area (Å²) >= 11 is 3.20. The Kier molecular flexibility index (Phi) is 4.22. The van der Waals surface area contributed by atoms with E-state index in [1.165, 1.54) is 16.6 Å². The van der Waals surface area contributed by atoms with Crippen LogP contribution < -0.4 is 9.47 Å². The van der Waals surface area contributed by atoms with Gasteiger partial charge in [0.25, 0.3) is 0 Å². The van der Waals surface area contributed by atoms with Gasteiger partial charge in [0.2, 0.25) is 0 Å². The van der Waals surface area contributed by atoms with Crippen LogP contribution in [0.4, 0.5) is 0 Å². The molecule has 0 unspecified atom stereocenters. The molecule has 3 rings (SSSR count). The number of thiophene rings is 1. The van der Waals surface area contributed by atoms with E-state index in [0.717, 1.165) is 26.8 Å². The number of fused-ring (bicyclic) bond motifs is 1. The number of hydrogen-bond acceptors (Lipinski definition) is 5. The zero-order valence-electron chi connectivity index (χ0n) is 12.0. The molecule has 0 spiro atoms. The maximum absolute atomic E-state index is 12.3. The van der Waals surface area contributed by atoms with E-state index < -0.39 is 0 Å². The summed E-state index contributed by atoms with van der Waals surface area (Å²) in [7, 11) is 0. The maximum atomic E-state index is 12.3. The molecule has 0 amide bonds. The van der Waals surface area contributed by atoms with Crippen molar-refractivity contribution in [2.75, 3.05) is 19.0 Å². The Balaban J connectivity index is 1.67. The lowest BCUT2D eigenvalue weighted by molar-refractivity contribution is 0.102. The molecule has 1 aliphatic heterocycles. The molecule has 2 heterocycles. The van der Waals surface area contributed by atoms with Gasteiger partial charge >= 0.3 is 0 Å². The van der Waals surface area contributed by atoms with E-state index in [4.69, 9.17) is 9.47 Å². The van der Waals surface area contributed by atoms with E-state index in [0.29, 0.717) is 19.0 Å². The second kappa shape index (κ2) is 6.12. The quantitative estimate of drug-likeness (QED) is 0.627. The SMILES string of the molecule is Cc1cc(C(=O)CSc2ccc3c(c2)OCCO3)c(C)s1. The summed E-state index contributed by atoms with van der Waals surface area (Å²) in [6.07, 6.45) is 0. The first-order valence-corrected chi connectivity index (χ1v) is 8.56. The van der Waals surface area contributed by atoms with Crippen LogP contribution in [0, 0.1) is 13.8 Å². The molecule has 0 aliphatic carbocycles. The standard InChI is InChI=1S/C16H16O3S2/c1-10-7-13(11(2)21-10)14(17)9-20-12-3-4-15-16(8-12)19-6-5-18-15/h3-4,7-8H,5-6,9H2,1-2H3. The Hall–Kier alpha value is -1.46. The van der Waals surface area contributed by atoms with Crippen LogP contribution in [0.5, 0.6) is 11.5 Å². The first-order chi connectivity index (χ1) is 10.1. The molecule has 3 nitrogen and oxygen atoms in total. The number of ketones is 1. The Morgan fingerprint density at radius 2 is 1.95 bits per heavy atom. The van der Waals surface area contributed by atoms with E-state index in [2.05, 4.69) is 0 Å². The summed E-state index contributed by atoms with van der Waals surface area (Å²) in [5.41, 5.74) is 0.850. The molecule has 0 saturated carbocycles. The smallest absolute Gasteiger partial charge is 0.174 e. The van der Waals surface area contributed by atoms with Crippen molar-refractivity contribution in [3.8, 4) is 11.5 Å². The average Bonchev–Trinajstić information content (AvgIpc) is 2.83. The number of benzene rings is 1. The van der Waals surface area contributed by atoms with Gasteiger partial charge in [0, 0.05) is 20.2 Å². The molecule has 5 heteroatoms. The lowest BCUT2D eigenvalue weighted by atomic mass is 10.2. The molecule has 0 bridgehead atoms. The third-order valence-corrected chi connectivity index (χ3v) is 5.18. The minimum Gasteiger partial charge on any atom is -0.486 e. The number of thioether (sulfide) groups is 1. The van der Waals surface area contributed by atoms with Crippen molar-refractivity contribution >= 4 is 28.9 Å². The van der Waals surface area contributed by atoms with E-state index in [-0.39, 0.29) is 5.78 Å². The number of ether oxygens (including phenoxy) is 2. The molecule has 0 fully saturated rings. The van der Waals surface area contributed by atoms with Crippen LogP contribution in [0.3, 0.4) is 0 Å². The molecule has 0 atom stereocenters.